The molecule has 0 spiro atoms. The highest BCUT2D eigenvalue weighted by Crippen LogP contribution is 2.38. The van der Waals surface area contributed by atoms with E-state index < -0.39 is 18.3 Å². The molecule has 0 bridgehead atoms. The van der Waals surface area contributed by atoms with Gasteiger partial charge < -0.3 is 18.9 Å². The van der Waals surface area contributed by atoms with Gasteiger partial charge in [0.05, 0.1) is 16.9 Å². The van der Waals surface area contributed by atoms with Gasteiger partial charge in [0.15, 0.2) is 6.61 Å². The minimum atomic E-state index is -0.494. The van der Waals surface area contributed by atoms with Crippen LogP contribution in [0.25, 0.3) is 0 Å². The summed E-state index contributed by atoms with van der Waals surface area (Å²) in [5, 5.41) is 0. The Labute approximate surface area is 125 Å². The lowest BCUT2D eigenvalue weighted by atomic mass is 9.77. The summed E-state index contributed by atoms with van der Waals surface area (Å²) in [4.78, 5) is 13.3. The first-order chi connectivity index (χ1) is 9.73. The fourth-order valence-corrected chi connectivity index (χ4v) is 2.48. The first kappa shape index (κ1) is 14.4. The second-order valence-corrected chi connectivity index (χ2v) is 6.53. The number of hydrogen-bond donors (Lipinski definition) is 0. The third kappa shape index (κ3) is 2.13. The van der Waals surface area contributed by atoms with Crippen molar-refractivity contribution in [2.45, 2.75) is 38.9 Å². The molecule has 1 aromatic rings. The van der Waals surface area contributed by atoms with Gasteiger partial charge in [-0.15, -0.1) is 0 Å². The lowest BCUT2D eigenvalue weighted by molar-refractivity contribution is -0.120. The van der Waals surface area contributed by atoms with Gasteiger partial charge in [0.25, 0.3) is 5.91 Å². The maximum atomic E-state index is 11.7. The standard InChI is InChI=1S/C15H20BNO4/c1-14(2)15(3,4)21-16(20-14)10-7-6-8-11-13(10)19-9-12(18)17(11)5/h6-8H,9H2,1-5H3. The van der Waals surface area contributed by atoms with Crippen molar-refractivity contribution in [3.8, 4) is 5.75 Å². The Morgan fingerprint density at radius 3 is 2.38 bits per heavy atom. The Kier molecular flexibility index (Phi) is 3.08. The summed E-state index contributed by atoms with van der Waals surface area (Å²) >= 11 is 0. The van der Waals surface area contributed by atoms with Gasteiger partial charge in [-0.2, -0.15) is 0 Å². The van der Waals surface area contributed by atoms with Gasteiger partial charge in [0, 0.05) is 12.5 Å². The molecule has 112 valence electrons. The molecule has 1 fully saturated rings. The molecule has 0 aromatic heterocycles. The maximum Gasteiger partial charge on any atom is 0.498 e. The fourth-order valence-electron chi connectivity index (χ4n) is 2.48. The summed E-state index contributed by atoms with van der Waals surface area (Å²) in [5.41, 5.74) is 0.761. The predicted octanol–water partition coefficient (Wildman–Crippen LogP) is 1.34. The zero-order valence-corrected chi connectivity index (χ0v) is 13.1. The molecule has 0 N–H and O–H groups in total. The average Bonchev–Trinajstić information content (AvgIpc) is 2.62. The number of likely N-dealkylation sites (N-methyl/N-ethyl adjacent to an activating group) is 1. The summed E-state index contributed by atoms with van der Waals surface area (Å²) < 4.78 is 17.8. The van der Waals surface area contributed by atoms with Gasteiger partial charge in [-0.25, -0.2) is 0 Å². The number of fused-ring (bicyclic) bond motifs is 1. The largest absolute Gasteiger partial charge is 0.498 e. The van der Waals surface area contributed by atoms with Crippen molar-refractivity contribution < 1.29 is 18.8 Å². The summed E-state index contributed by atoms with van der Waals surface area (Å²) in [5.74, 6) is 0.603. The molecule has 0 unspecified atom stereocenters. The SMILES string of the molecule is CN1C(=O)COc2c(B3OC(C)(C)C(C)(C)O3)cccc21. The molecule has 1 amide bonds. The van der Waals surface area contributed by atoms with Crippen LogP contribution in [0.15, 0.2) is 18.2 Å². The van der Waals surface area contributed by atoms with Crippen molar-refractivity contribution in [3.05, 3.63) is 18.2 Å². The lowest BCUT2D eigenvalue weighted by Gasteiger charge is -2.32. The molecule has 21 heavy (non-hydrogen) atoms. The average molecular weight is 289 g/mol. The van der Waals surface area contributed by atoms with Gasteiger partial charge >= 0.3 is 7.12 Å². The zero-order chi connectivity index (χ0) is 15.4. The molecule has 0 atom stereocenters. The molecule has 1 saturated heterocycles. The predicted molar refractivity (Wildman–Crippen MR) is 81.1 cm³/mol. The first-order valence-corrected chi connectivity index (χ1v) is 7.11. The lowest BCUT2D eigenvalue weighted by Crippen LogP contribution is -2.41. The van der Waals surface area contributed by atoms with Crippen LogP contribution in [0.3, 0.4) is 0 Å². The van der Waals surface area contributed by atoms with E-state index in [1.807, 2.05) is 45.9 Å². The number of nitrogens with zero attached hydrogens (tertiary/aromatic N) is 1. The van der Waals surface area contributed by atoms with E-state index in [0.717, 1.165) is 11.2 Å². The number of carbonyl (C=O) groups excluding carboxylic acids is 1. The van der Waals surface area contributed by atoms with Crippen molar-refractivity contribution in [2.24, 2.45) is 0 Å². The molecule has 0 saturated carbocycles. The summed E-state index contributed by atoms with van der Waals surface area (Å²) in [7, 11) is 1.25. The molecule has 1 aromatic carbocycles. The summed E-state index contributed by atoms with van der Waals surface area (Å²) in [6.45, 7) is 8.09. The van der Waals surface area contributed by atoms with E-state index >= 15 is 0 Å². The fraction of sp³-hybridized carbons (Fsp3) is 0.533. The first-order valence-electron chi connectivity index (χ1n) is 7.11. The van der Waals surface area contributed by atoms with Gasteiger partial charge in [-0.05, 0) is 33.8 Å². The van der Waals surface area contributed by atoms with Crippen LogP contribution < -0.4 is 15.1 Å². The molecular weight excluding hydrogens is 269 g/mol. The van der Waals surface area contributed by atoms with Crippen molar-refractivity contribution in [2.75, 3.05) is 18.6 Å². The van der Waals surface area contributed by atoms with Crippen molar-refractivity contribution in [1.82, 2.24) is 0 Å². The van der Waals surface area contributed by atoms with Gasteiger partial charge in [-0.3, -0.25) is 4.79 Å². The topological polar surface area (TPSA) is 48.0 Å². The monoisotopic (exact) mass is 289 g/mol. The van der Waals surface area contributed by atoms with E-state index in [1.165, 1.54) is 0 Å². The van der Waals surface area contributed by atoms with Crippen molar-refractivity contribution in [3.63, 3.8) is 0 Å². The molecular formula is C15H20BNO4. The molecule has 3 rings (SSSR count). The highest BCUT2D eigenvalue weighted by atomic mass is 16.7. The number of rotatable bonds is 1. The molecule has 2 aliphatic heterocycles. The van der Waals surface area contributed by atoms with E-state index in [4.69, 9.17) is 14.0 Å². The van der Waals surface area contributed by atoms with Crippen molar-refractivity contribution >= 4 is 24.2 Å². The highest BCUT2D eigenvalue weighted by molar-refractivity contribution is 6.63. The normalized spacial score (nSPS) is 23.0. The van der Waals surface area contributed by atoms with E-state index in [1.54, 1.807) is 11.9 Å². The molecule has 6 heteroatoms. The van der Waals surface area contributed by atoms with Gasteiger partial charge in [0.1, 0.15) is 5.75 Å². The Bertz CT molecular complexity index is 583. The number of amides is 1. The molecule has 2 heterocycles. The van der Waals surface area contributed by atoms with E-state index in [-0.39, 0.29) is 12.5 Å². The third-order valence-electron chi connectivity index (χ3n) is 4.61. The van der Waals surface area contributed by atoms with Crippen LogP contribution in [-0.4, -0.2) is 37.9 Å². The minimum absolute atomic E-state index is 0.0417. The second kappa shape index (κ2) is 4.48. The van der Waals surface area contributed by atoms with Crippen LogP contribution in [0.4, 0.5) is 5.69 Å². The van der Waals surface area contributed by atoms with Gasteiger partial charge in [0.2, 0.25) is 0 Å². The van der Waals surface area contributed by atoms with E-state index in [0.29, 0.717) is 5.75 Å². The van der Waals surface area contributed by atoms with Gasteiger partial charge in [-0.1, -0.05) is 12.1 Å². The van der Waals surface area contributed by atoms with Crippen LogP contribution in [0.1, 0.15) is 27.7 Å². The molecule has 0 aliphatic carbocycles. The highest BCUT2D eigenvalue weighted by Gasteiger charge is 2.52. The Hall–Kier alpha value is -1.53. The summed E-state index contributed by atoms with van der Waals surface area (Å²) in [6, 6.07) is 5.67. The van der Waals surface area contributed by atoms with E-state index in [2.05, 4.69) is 0 Å². The minimum Gasteiger partial charge on any atom is -0.482 e. The molecule has 0 radical (unpaired) electrons. The number of hydrogen-bond acceptors (Lipinski definition) is 4. The number of anilines is 1. The molecule has 2 aliphatic rings. The van der Waals surface area contributed by atoms with E-state index in [9.17, 15) is 4.79 Å². The second-order valence-electron chi connectivity index (χ2n) is 6.53. The number of ether oxygens (including phenoxy) is 1. The van der Waals surface area contributed by atoms with Crippen LogP contribution in [0.2, 0.25) is 0 Å². The Morgan fingerprint density at radius 1 is 1.14 bits per heavy atom. The Balaban J connectivity index is 2.01. The number of carbonyl (C=O) groups is 1. The third-order valence-corrected chi connectivity index (χ3v) is 4.61. The van der Waals surface area contributed by atoms with Crippen LogP contribution in [-0.2, 0) is 14.1 Å². The number of para-hydroxylation sites is 1. The van der Waals surface area contributed by atoms with Crippen LogP contribution in [0, 0.1) is 0 Å². The number of benzene rings is 1. The zero-order valence-electron chi connectivity index (χ0n) is 13.1. The van der Waals surface area contributed by atoms with Crippen molar-refractivity contribution in [1.29, 1.82) is 0 Å². The maximum absolute atomic E-state index is 11.7. The van der Waals surface area contributed by atoms with Crippen LogP contribution >= 0.6 is 0 Å². The smallest absolute Gasteiger partial charge is 0.482 e. The van der Waals surface area contributed by atoms with Crippen LogP contribution in [0.5, 0.6) is 5.75 Å². The quantitative estimate of drug-likeness (QED) is 0.732. The Morgan fingerprint density at radius 2 is 1.76 bits per heavy atom. The molecule has 5 nitrogen and oxygen atoms in total. The summed E-state index contributed by atoms with van der Waals surface area (Å²) in [6.07, 6.45) is 0.